The third-order valence-electron chi connectivity index (χ3n) is 5.56. The molecule has 1 aliphatic carbocycles. The maximum absolute atomic E-state index is 11.1. The van der Waals surface area contributed by atoms with Gasteiger partial charge in [0.25, 0.3) is 0 Å². The molecule has 0 aromatic heterocycles. The molecule has 1 fully saturated rings. The molecule has 3 atom stereocenters. The fourth-order valence-corrected chi connectivity index (χ4v) is 24.3. The van der Waals surface area contributed by atoms with Crippen LogP contribution in [0.15, 0.2) is 0 Å². The van der Waals surface area contributed by atoms with E-state index in [4.69, 9.17) is 4.74 Å². The molecule has 0 saturated heterocycles. The van der Waals surface area contributed by atoms with Crippen molar-refractivity contribution < 1.29 is 14.9 Å². The van der Waals surface area contributed by atoms with Gasteiger partial charge in [0.2, 0.25) is 0 Å². The van der Waals surface area contributed by atoms with E-state index in [1.165, 1.54) is 51.8 Å². The van der Waals surface area contributed by atoms with Crippen molar-refractivity contribution in [2.45, 2.75) is 115 Å². The molecule has 0 unspecified atom stereocenters. The molecule has 1 aliphatic rings. The molecule has 0 radical (unpaired) electrons. The third kappa shape index (κ3) is 5.58. The molecule has 0 aliphatic heterocycles. The SMILES string of the molecule is CCC[CH2][Sn]([CH2]CCC)([CH2]CCC)[C@@H]1[C@H](O)C[C@@]1(O)OC(C)C. The summed E-state index contributed by atoms with van der Waals surface area (Å²) in [4.78, 5) is 0. The molecule has 0 heterocycles. The molecule has 0 bridgehead atoms. The topological polar surface area (TPSA) is 49.7 Å². The van der Waals surface area contributed by atoms with Crippen molar-refractivity contribution in [2.24, 2.45) is 0 Å². The Bertz CT molecular complexity index is 313. The fourth-order valence-electron chi connectivity index (χ4n) is 4.53. The summed E-state index contributed by atoms with van der Waals surface area (Å²) in [6.07, 6.45) is 7.50. The van der Waals surface area contributed by atoms with Crippen LogP contribution in [-0.4, -0.2) is 46.6 Å². The van der Waals surface area contributed by atoms with Crippen LogP contribution in [0.3, 0.4) is 0 Å². The Hall–Kier alpha value is 0.679. The van der Waals surface area contributed by atoms with E-state index in [1.54, 1.807) is 0 Å². The first-order chi connectivity index (χ1) is 10.8. The number of ether oxygens (including phenoxy) is 1. The quantitative estimate of drug-likeness (QED) is 0.332. The van der Waals surface area contributed by atoms with Gasteiger partial charge in [-0.3, -0.25) is 0 Å². The van der Waals surface area contributed by atoms with Gasteiger partial charge in [0, 0.05) is 0 Å². The standard InChI is InChI=1S/C7H13O3.3C4H9.Sn/c1-5(2)10-7(9)3-6(8)4-7;3*1-3-4-2;/h3,5-6,8-9H,4H2,1-2H3;3*1,3-4H2,2H3;/t6-,7-;;;;/m0..../s1. The third-order valence-corrected chi connectivity index (χ3v) is 23.3. The second-order valence-corrected chi connectivity index (χ2v) is 21.8. The minimum absolute atomic E-state index is 0.0162. The summed E-state index contributed by atoms with van der Waals surface area (Å²) in [5.41, 5.74) is 0. The van der Waals surface area contributed by atoms with E-state index in [-0.39, 0.29) is 16.1 Å². The molecule has 3 nitrogen and oxygen atoms in total. The number of unbranched alkanes of at least 4 members (excludes halogenated alkanes) is 3. The van der Waals surface area contributed by atoms with Crippen LogP contribution >= 0.6 is 0 Å². The van der Waals surface area contributed by atoms with Crippen LogP contribution in [0.4, 0.5) is 0 Å². The van der Waals surface area contributed by atoms with Crippen molar-refractivity contribution in [2.75, 3.05) is 0 Å². The van der Waals surface area contributed by atoms with Crippen molar-refractivity contribution in [1.82, 2.24) is 0 Å². The van der Waals surface area contributed by atoms with E-state index in [0.29, 0.717) is 6.42 Å². The molecule has 0 spiro atoms. The number of aliphatic hydroxyl groups excluding tert-OH is 1. The second-order valence-electron chi connectivity index (χ2n) is 7.93. The molecule has 0 aromatic carbocycles. The normalized spacial score (nSPS) is 28.2. The molecule has 1 rings (SSSR count). The number of hydrogen-bond donors (Lipinski definition) is 2. The van der Waals surface area contributed by atoms with Gasteiger partial charge in [-0.05, 0) is 0 Å². The molecule has 0 aromatic rings. The van der Waals surface area contributed by atoms with Crippen LogP contribution < -0.4 is 0 Å². The average Bonchev–Trinajstić information content (AvgIpc) is 2.47. The Labute approximate surface area is 148 Å². The van der Waals surface area contributed by atoms with Gasteiger partial charge in [-0.25, -0.2) is 0 Å². The van der Waals surface area contributed by atoms with Crippen LogP contribution in [0.25, 0.3) is 0 Å². The first-order valence-electron chi connectivity index (χ1n) is 9.93. The van der Waals surface area contributed by atoms with Crippen molar-refractivity contribution >= 4 is 18.4 Å². The van der Waals surface area contributed by atoms with Crippen LogP contribution in [0, 0.1) is 0 Å². The number of hydrogen-bond acceptors (Lipinski definition) is 3. The molecule has 0 amide bonds. The fraction of sp³-hybridized carbons (Fsp3) is 1.00. The Morgan fingerprint density at radius 3 is 1.74 bits per heavy atom. The van der Waals surface area contributed by atoms with Crippen molar-refractivity contribution in [3.05, 3.63) is 0 Å². The summed E-state index contributed by atoms with van der Waals surface area (Å²) < 4.78 is 9.93. The summed E-state index contributed by atoms with van der Waals surface area (Å²) in [6.45, 7) is 10.7. The van der Waals surface area contributed by atoms with Gasteiger partial charge in [-0.1, -0.05) is 0 Å². The van der Waals surface area contributed by atoms with Gasteiger partial charge >= 0.3 is 148 Å². The predicted octanol–water partition coefficient (Wildman–Crippen LogP) is 5.08. The summed E-state index contributed by atoms with van der Waals surface area (Å²) >= 11 is -2.68. The van der Waals surface area contributed by atoms with Crippen LogP contribution in [-0.2, 0) is 4.74 Å². The van der Waals surface area contributed by atoms with E-state index >= 15 is 0 Å². The van der Waals surface area contributed by atoms with Crippen LogP contribution in [0.2, 0.25) is 17.2 Å². The van der Waals surface area contributed by atoms with Gasteiger partial charge in [-0.15, -0.1) is 0 Å². The number of rotatable bonds is 12. The zero-order valence-electron chi connectivity index (χ0n) is 16.1. The summed E-state index contributed by atoms with van der Waals surface area (Å²) in [5.74, 6) is -1.04. The van der Waals surface area contributed by atoms with Crippen molar-refractivity contribution in [3.63, 3.8) is 0 Å². The average molecular weight is 435 g/mol. The monoisotopic (exact) mass is 436 g/mol. The molecular formula is C19H40O3Sn. The Morgan fingerprint density at radius 1 is 1.00 bits per heavy atom. The Morgan fingerprint density at radius 2 is 1.43 bits per heavy atom. The van der Waals surface area contributed by atoms with Gasteiger partial charge in [-0.2, -0.15) is 0 Å². The summed E-state index contributed by atoms with van der Waals surface area (Å²) in [5, 5.41) is 21.7. The first kappa shape index (κ1) is 21.7. The minimum atomic E-state index is -2.68. The van der Waals surface area contributed by atoms with Crippen LogP contribution in [0.1, 0.15) is 79.6 Å². The van der Waals surface area contributed by atoms with E-state index in [1.807, 2.05) is 13.8 Å². The van der Waals surface area contributed by atoms with Crippen LogP contribution in [0.5, 0.6) is 0 Å². The molecule has 2 N–H and O–H groups in total. The van der Waals surface area contributed by atoms with E-state index in [9.17, 15) is 10.2 Å². The van der Waals surface area contributed by atoms with Crippen molar-refractivity contribution in [3.8, 4) is 0 Å². The Balaban J connectivity index is 3.05. The molecule has 1 saturated carbocycles. The Kier molecular flexibility index (Phi) is 9.43. The summed E-state index contributed by atoms with van der Waals surface area (Å²) in [7, 11) is 0. The van der Waals surface area contributed by atoms with Gasteiger partial charge in [0.15, 0.2) is 0 Å². The van der Waals surface area contributed by atoms with E-state index < -0.39 is 24.2 Å². The zero-order valence-corrected chi connectivity index (χ0v) is 19.0. The number of aliphatic hydroxyl groups is 2. The van der Waals surface area contributed by atoms with E-state index in [0.717, 1.165) is 0 Å². The predicted molar refractivity (Wildman–Crippen MR) is 100 cm³/mol. The van der Waals surface area contributed by atoms with Crippen molar-refractivity contribution in [1.29, 1.82) is 0 Å². The zero-order chi connectivity index (χ0) is 17.5. The molecule has 4 heteroatoms. The molecule has 23 heavy (non-hydrogen) atoms. The van der Waals surface area contributed by atoms with Gasteiger partial charge < -0.3 is 0 Å². The summed E-state index contributed by atoms with van der Waals surface area (Å²) in [6, 6.07) is 0. The molecular weight excluding hydrogens is 395 g/mol. The molecule has 138 valence electrons. The second kappa shape index (κ2) is 9.98. The first-order valence-corrected chi connectivity index (χ1v) is 17.6. The van der Waals surface area contributed by atoms with Gasteiger partial charge in [0.05, 0.1) is 0 Å². The maximum atomic E-state index is 11.1. The van der Waals surface area contributed by atoms with E-state index in [2.05, 4.69) is 20.8 Å². The van der Waals surface area contributed by atoms with Gasteiger partial charge in [0.1, 0.15) is 0 Å².